The zero-order chi connectivity index (χ0) is 21.5. The van der Waals surface area contributed by atoms with Crippen molar-refractivity contribution in [1.82, 2.24) is 25.1 Å². The van der Waals surface area contributed by atoms with Crippen molar-refractivity contribution in [3.63, 3.8) is 0 Å². The third-order valence-corrected chi connectivity index (χ3v) is 6.46. The van der Waals surface area contributed by atoms with Crippen LogP contribution in [0.1, 0.15) is 66.9 Å². The van der Waals surface area contributed by atoms with E-state index in [-0.39, 0.29) is 18.7 Å². The fraction of sp³-hybridized carbons (Fsp3) is 0.417. The molecule has 3 aromatic rings. The average molecular weight is 431 g/mol. The fourth-order valence-electron chi connectivity index (χ4n) is 4.62. The van der Waals surface area contributed by atoms with Crippen LogP contribution in [0.25, 0.3) is 17.2 Å². The minimum absolute atomic E-state index is 0.0306. The molecule has 3 aliphatic rings. The molecule has 1 aromatic carbocycles. The first-order valence-electron chi connectivity index (χ1n) is 11.4. The number of hydrogen-bond donors (Lipinski definition) is 1. The van der Waals surface area contributed by atoms with Crippen molar-refractivity contribution in [3.8, 4) is 28.7 Å². The van der Waals surface area contributed by atoms with Crippen molar-refractivity contribution >= 4 is 5.91 Å². The number of carbonyl (C=O) groups is 1. The van der Waals surface area contributed by atoms with E-state index in [9.17, 15) is 4.79 Å². The van der Waals surface area contributed by atoms with Crippen LogP contribution in [-0.4, -0.2) is 38.5 Å². The quantitative estimate of drug-likeness (QED) is 0.657. The molecular weight excluding hydrogens is 406 g/mol. The molecule has 0 saturated heterocycles. The summed E-state index contributed by atoms with van der Waals surface area (Å²) < 4.78 is 12.6. The Labute approximate surface area is 186 Å². The first kappa shape index (κ1) is 19.3. The highest BCUT2D eigenvalue weighted by atomic mass is 16.7. The number of nitrogens with zero attached hydrogens (tertiary/aromatic N) is 4. The molecule has 0 spiro atoms. The maximum atomic E-state index is 13.1. The second kappa shape index (κ2) is 7.93. The van der Waals surface area contributed by atoms with Crippen molar-refractivity contribution in [2.75, 3.05) is 6.79 Å². The van der Waals surface area contributed by atoms with Gasteiger partial charge in [-0.2, -0.15) is 5.10 Å². The monoisotopic (exact) mass is 431 g/mol. The predicted molar refractivity (Wildman–Crippen MR) is 117 cm³/mol. The topological polar surface area (TPSA) is 91.2 Å². The molecule has 8 heteroatoms. The van der Waals surface area contributed by atoms with Gasteiger partial charge < -0.3 is 14.8 Å². The van der Waals surface area contributed by atoms with Crippen LogP contribution < -0.4 is 14.8 Å². The minimum Gasteiger partial charge on any atom is -0.454 e. The Morgan fingerprint density at radius 1 is 1.03 bits per heavy atom. The molecule has 1 N–H and O–H groups in total. The van der Waals surface area contributed by atoms with Gasteiger partial charge in [-0.15, -0.1) is 0 Å². The Hall–Kier alpha value is -3.42. The second-order valence-corrected chi connectivity index (χ2v) is 8.75. The number of fused-ring (bicyclic) bond motifs is 1. The van der Waals surface area contributed by atoms with Gasteiger partial charge in [0.25, 0.3) is 11.9 Å². The van der Waals surface area contributed by atoms with Gasteiger partial charge in [0.1, 0.15) is 0 Å². The maximum absolute atomic E-state index is 13.1. The number of ether oxygens (including phenoxy) is 2. The van der Waals surface area contributed by atoms with Gasteiger partial charge in [-0.25, -0.2) is 14.6 Å². The fourth-order valence-corrected chi connectivity index (χ4v) is 4.62. The van der Waals surface area contributed by atoms with Gasteiger partial charge in [-0.05, 0) is 49.9 Å². The SMILES string of the molecule is O=C(NC1CCCCC1)c1cnn(-c2nccc(-c3ccc4c(c3)OCO4)n2)c1C1CC1. The van der Waals surface area contributed by atoms with Crippen molar-refractivity contribution in [2.24, 2.45) is 0 Å². The number of nitrogens with one attached hydrogen (secondary N) is 1. The number of carbonyl (C=O) groups excluding carboxylic acids is 1. The van der Waals surface area contributed by atoms with Crippen LogP contribution in [0.3, 0.4) is 0 Å². The Bertz CT molecular complexity index is 1160. The zero-order valence-corrected chi connectivity index (χ0v) is 17.8. The lowest BCUT2D eigenvalue weighted by Crippen LogP contribution is -2.36. The smallest absolute Gasteiger partial charge is 0.255 e. The summed E-state index contributed by atoms with van der Waals surface area (Å²) in [5.74, 6) is 2.21. The van der Waals surface area contributed by atoms with Crippen molar-refractivity contribution < 1.29 is 14.3 Å². The Morgan fingerprint density at radius 2 is 1.88 bits per heavy atom. The maximum Gasteiger partial charge on any atom is 0.255 e. The summed E-state index contributed by atoms with van der Waals surface area (Å²) in [5, 5.41) is 7.77. The minimum atomic E-state index is -0.0306. The van der Waals surface area contributed by atoms with Crippen LogP contribution in [0.15, 0.2) is 36.7 Å². The highest BCUT2D eigenvalue weighted by Gasteiger charge is 2.34. The van der Waals surface area contributed by atoms with E-state index in [1.165, 1.54) is 19.3 Å². The van der Waals surface area contributed by atoms with E-state index >= 15 is 0 Å². The van der Waals surface area contributed by atoms with Gasteiger partial charge in [0, 0.05) is 23.7 Å². The Balaban J connectivity index is 1.32. The van der Waals surface area contributed by atoms with Gasteiger partial charge in [-0.3, -0.25) is 4.79 Å². The lowest BCUT2D eigenvalue weighted by Gasteiger charge is -2.22. The molecule has 0 radical (unpaired) electrons. The standard InChI is InChI=1S/C24H25N5O3/c30-23(27-17-4-2-1-3-5-17)18-13-26-29(22(18)15-6-7-15)24-25-11-10-19(28-24)16-8-9-20-21(12-16)32-14-31-20/h8-13,15,17H,1-7,14H2,(H,27,30). The van der Waals surface area contributed by atoms with Gasteiger partial charge in [0.2, 0.25) is 6.79 Å². The molecule has 164 valence electrons. The zero-order valence-electron chi connectivity index (χ0n) is 17.8. The van der Waals surface area contributed by atoms with E-state index < -0.39 is 0 Å². The number of aromatic nitrogens is 4. The van der Waals surface area contributed by atoms with Gasteiger partial charge >= 0.3 is 0 Å². The van der Waals surface area contributed by atoms with E-state index in [4.69, 9.17) is 14.5 Å². The average Bonchev–Trinajstić information content (AvgIpc) is 3.39. The van der Waals surface area contributed by atoms with Crippen molar-refractivity contribution in [1.29, 1.82) is 0 Å². The summed E-state index contributed by atoms with van der Waals surface area (Å²) in [6.45, 7) is 0.234. The van der Waals surface area contributed by atoms with Gasteiger partial charge in [0.15, 0.2) is 11.5 Å². The normalized spacial score (nSPS) is 18.0. The largest absolute Gasteiger partial charge is 0.454 e. The number of benzene rings is 1. The van der Waals surface area contributed by atoms with E-state index in [1.54, 1.807) is 17.1 Å². The van der Waals surface area contributed by atoms with Gasteiger partial charge in [0.05, 0.1) is 23.1 Å². The third kappa shape index (κ3) is 3.59. The van der Waals surface area contributed by atoms with Crippen LogP contribution in [0.2, 0.25) is 0 Å². The summed E-state index contributed by atoms with van der Waals surface area (Å²) in [7, 11) is 0. The second-order valence-electron chi connectivity index (χ2n) is 8.75. The highest BCUT2D eigenvalue weighted by molar-refractivity contribution is 5.95. The summed E-state index contributed by atoms with van der Waals surface area (Å²) in [6, 6.07) is 7.88. The molecule has 0 atom stereocenters. The highest BCUT2D eigenvalue weighted by Crippen LogP contribution is 2.42. The third-order valence-electron chi connectivity index (χ3n) is 6.46. The molecule has 0 unspecified atom stereocenters. The molecule has 2 saturated carbocycles. The lowest BCUT2D eigenvalue weighted by atomic mass is 9.95. The molecule has 2 aromatic heterocycles. The van der Waals surface area contributed by atoms with Crippen LogP contribution >= 0.6 is 0 Å². The lowest BCUT2D eigenvalue weighted by molar-refractivity contribution is 0.0926. The van der Waals surface area contributed by atoms with Crippen LogP contribution in [0.5, 0.6) is 11.5 Å². The molecule has 32 heavy (non-hydrogen) atoms. The number of amides is 1. The molecule has 8 nitrogen and oxygen atoms in total. The van der Waals surface area contributed by atoms with E-state index in [2.05, 4.69) is 15.4 Å². The molecule has 2 fully saturated rings. The van der Waals surface area contributed by atoms with Crippen LogP contribution in [-0.2, 0) is 0 Å². The molecule has 1 amide bonds. The predicted octanol–water partition coefficient (Wildman–Crippen LogP) is 4.00. The molecular formula is C24H25N5O3. The van der Waals surface area contributed by atoms with Crippen molar-refractivity contribution in [2.45, 2.75) is 56.9 Å². The van der Waals surface area contributed by atoms with E-state index in [1.807, 2.05) is 24.3 Å². The number of hydrogen-bond acceptors (Lipinski definition) is 6. The van der Waals surface area contributed by atoms with E-state index in [0.29, 0.717) is 23.2 Å². The summed E-state index contributed by atoms with van der Waals surface area (Å²) in [6.07, 6.45) is 11.2. The molecule has 2 aliphatic carbocycles. The Morgan fingerprint density at radius 3 is 2.72 bits per heavy atom. The molecule has 6 rings (SSSR count). The summed E-state index contributed by atoms with van der Waals surface area (Å²) >= 11 is 0. The van der Waals surface area contributed by atoms with Crippen LogP contribution in [0.4, 0.5) is 0 Å². The Kier molecular flexibility index (Phi) is 4.78. The van der Waals surface area contributed by atoms with Crippen LogP contribution in [0, 0.1) is 0 Å². The summed E-state index contributed by atoms with van der Waals surface area (Å²) in [5.41, 5.74) is 3.24. The molecule has 3 heterocycles. The molecule has 0 bridgehead atoms. The van der Waals surface area contributed by atoms with Crippen molar-refractivity contribution in [3.05, 3.63) is 47.9 Å². The van der Waals surface area contributed by atoms with E-state index in [0.717, 1.165) is 48.4 Å². The van der Waals surface area contributed by atoms with Gasteiger partial charge in [-0.1, -0.05) is 19.3 Å². The number of rotatable bonds is 5. The first-order chi connectivity index (χ1) is 15.8. The summed E-state index contributed by atoms with van der Waals surface area (Å²) in [4.78, 5) is 22.3. The first-order valence-corrected chi connectivity index (χ1v) is 11.4. The molecule has 1 aliphatic heterocycles.